The van der Waals surface area contributed by atoms with Gasteiger partial charge in [-0.1, -0.05) is 43.1 Å². The van der Waals surface area contributed by atoms with Crippen molar-refractivity contribution in [3.63, 3.8) is 0 Å². The van der Waals surface area contributed by atoms with Gasteiger partial charge in [-0.3, -0.25) is 0 Å². The summed E-state index contributed by atoms with van der Waals surface area (Å²) in [5.74, 6) is -0.165. The number of benzene rings is 1. The number of hydrogen-bond acceptors (Lipinski definition) is 4. The summed E-state index contributed by atoms with van der Waals surface area (Å²) in [5.41, 5.74) is 2.57. The molecule has 5 nitrogen and oxygen atoms in total. The van der Waals surface area contributed by atoms with E-state index >= 15 is 0 Å². The van der Waals surface area contributed by atoms with Gasteiger partial charge in [-0.25, -0.2) is 13.1 Å². The number of aromatic nitrogens is 2. The molecule has 0 saturated carbocycles. The average molecular weight is 318 g/mol. The lowest BCUT2D eigenvalue weighted by Crippen LogP contribution is -2.37. The number of sulfone groups is 1. The van der Waals surface area contributed by atoms with E-state index in [2.05, 4.69) is 24.9 Å². The molecular weight excluding hydrogens is 300 g/mol. The minimum atomic E-state index is -3.64. The van der Waals surface area contributed by atoms with E-state index in [4.69, 9.17) is 0 Å². The molecule has 1 atom stereocenters. The van der Waals surface area contributed by atoms with Crippen LogP contribution in [0.1, 0.15) is 36.5 Å². The van der Waals surface area contributed by atoms with E-state index in [0.29, 0.717) is 10.3 Å². The molecule has 0 aliphatic heterocycles. The van der Waals surface area contributed by atoms with Crippen molar-refractivity contribution in [2.24, 2.45) is 5.41 Å². The third kappa shape index (κ3) is 2.27. The summed E-state index contributed by atoms with van der Waals surface area (Å²) in [6.07, 6.45) is 4.41. The zero-order valence-corrected chi connectivity index (χ0v) is 13.6. The van der Waals surface area contributed by atoms with Gasteiger partial charge in [0.15, 0.2) is 0 Å². The third-order valence-corrected chi connectivity index (χ3v) is 5.41. The van der Waals surface area contributed by atoms with E-state index in [1.165, 1.54) is 11.8 Å². The Kier molecular flexibility index (Phi) is 3.25. The Morgan fingerprint density at radius 2 is 1.95 bits per heavy atom. The van der Waals surface area contributed by atoms with Crippen molar-refractivity contribution in [1.29, 1.82) is 0 Å². The van der Waals surface area contributed by atoms with Crippen LogP contribution < -0.4 is 4.73 Å². The molecule has 1 aliphatic carbocycles. The van der Waals surface area contributed by atoms with Gasteiger partial charge in [-0.15, -0.1) is 0 Å². The topological polar surface area (TPSA) is 74.0 Å². The number of fused-ring (bicyclic) bond motifs is 1. The third-order valence-electron chi connectivity index (χ3n) is 4.29. The molecular formula is C16H18N2O3S. The Bertz CT molecular complexity index is 844. The molecule has 0 spiro atoms. The maximum absolute atomic E-state index is 12.1. The molecule has 0 fully saturated rings. The molecule has 116 valence electrons. The lowest BCUT2D eigenvalue weighted by atomic mass is 9.76. The lowest BCUT2D eigenvalue weighted by Gasteiger charge is -2.28. The highest BCUT2D eigenvalue weighted by molar-refractivity contribution is 7.90. The maximum Gasteiger partial charge on any atom is 0.290 e. The van der Waals surface area contributed by atoms with Crippen molar-refractivity contribution in [3.05, 3.63) is 58.7 Å². The summed E-state index contributed by atoms with van der Waals surface area (Å²) in [6, 6.07) is 7.97. The van der Waals surface area contributed by atoms with Crippen molar-refractivity contribution >= 4 is 9.84 Å². The van der Waals surface area contributed by atoms with Crippen molar-refractivity contribution in [2.45, 2.75) is 31.2 Å². The average Bonchev–Trinajstić information content (AvgIpc) is 2.66. The normalized spacial score (nSPS) is 19.9. The van der Waals surface area contributed by atoms with Gasteiger partial charge in [0, 0.05) is 12.2 Å². The molecule has 0 radical (unpaired) electrons. The number of hydrogen-bond donors (Lipinski definition) is 0. The molecule has 0 bridgehead atoms. The van der Waals surface area contributed by atoms with Crippen LogP contribution in [0, 0.1) is 10.6 Å². The standard InChI is InChI=1S/C16H18N2O3S/c1-16(2)8-11-6-4-5-7-12(11)14(16)13-9-17-10-18(19)15(13)22(3,20)21/h4-7,9-10,14H,8H2,1-3H3. The fourth-order valence-electron chi connectivity index (χ4n) is 3.56. The van der Waals surface area contributed by atoms with E-state index in [1.807, 2.05) is 18.2 Å². The van der Waals surface area contributed by atoms with Crippen molar-refractivity contribution in [1.82, 2.24) is 4.98 Å². The van der Waals surface area contributed by atoms with E-state index < -0.39 is 9.84 Å². The Morgan fingerprint density at radius 1 is 1.27 bits per heavy atom. The van der Waals surface area contributed by atoms with Gasteiger partial charge in [0.2, 0.25) is 14.9 Å². The van der Waals surface area contributed by atoms with Crippen LogP contribution in [0.4, 0.5) is 0 Å². The maximum atomic E-state index is 12.1. The molecule has 6 heteroatoms. The van der Waals surface area contributed by atoms with Gasteiger partial charge in [-0.2, -0.15) is 0 Å². The molecule has 2 aromatic rings. The molecule has 1 heterocycles. The highest BCUT2D eigenvalue weighted by Gasteiger charge is 2.43. The van der Waals surface area contributed by atoms with Gasteiger partial charge >= 0.3 is 0 Å². The summed E-state index contributed by atoms with van der Waals surface area (Å²) >= 11 is 0. The highest BCUT2D eigenvalue weighted by Crippen LogP contribution is 2.50. The van der Waals surface area contributed by atoms with Crippen LogP contribution in [0.15, 0.2) is 41.8 Å². The zero-order valence-electron chi connectivity index (χ0n) is 12.8. The van der Waals surface area contributed by atoms with Gasteiger partial charge in [0.1, 0.15) is 6.20 Å². The summed E-state index contributed by atoms with van der Waals surface area (Å²) in [5, 5.41) is 11.8. The van der Waals surface area contributed by atoms with E-state index in [-0.39, 0.29) is 16.4 Å². The van der Waals surface area contributed by atoms with Crippen molar-refractivity contribution in [2.75, 3.05) is 6.26 Å². The highest BCUT2D eigenvalue weighted by atomic mass is 32.2. The fraction of sp³-hybridized carbons (Fsp3) is 0.375. The SMILES string of the molecule is CC1(C)Cc2ccccc2C1c1cnc[n+]([O-])c1S(C)(=O)=O. The van der Waals surface area contributed by atoms with E-state index in [1.54, 1.807) is 0 Å². The smallest absolute Gasteiger partial charge is 0.290 e. The van der Waals surface area contributed by atoms with Crippen LogP contribution in [-0.4, -0.2) is 19.7 Å². The minimum absolute atomic E-state index is 0.165. The van der Waals surface area contributed by atoms with Gasteiger partial charge < -0.3 is 5.21 Å². The van der Waals surface area contributed by atoms with Gasteiger partial charge in [0.25, 0.3) is 6.33 Å². The molecule has 0 amide bonds. The summed E-state index contributed by atoms with van der Waals surface area (Å²) in [4.78, 5) is 3.93. The minimum Gasteiger partial charge on any atom is -0.710 e. The first kappa shape index (κ1) is 15.0. The molecule has 1 aromatic heterocycles. The molecule has 1 aliphatic rings. The Hall–Kier alpha value is -1.95. The molecule has 0 saturated heterocycles. The largest absolute Gasteiger partial charge is 0.710 e. The molecule has 3 rings (SSSR count). The van der Waals surface area contributed by atoms with E-state index in [0.717, 1.165) is 24.6 Å². The van der Waals surface area contributed by atoms with Gasteiger partial charge in [0.05, 0.1) is 5.56 Å². The van der Waals surface area contributed by atoms with Crippen LogP contribution in [0.2, 0.25) is 0 Å². The van der Waals surface area contributed by atoms with Crippen LogP contribution in [0.3, 0.4) is 0 Å². The lowest BCUT2D eigenvalue weighted by molar-refractivity contribution is -0.650. The first-order chi connectivity index (χ1) is 10.2. The fourth-order valence-corrected chi connectivity index (χ4v) is 4.54. The Labute approximate surface area is 130 Å². The zero-order chi connectivity index (χ0) is 16.1. The Balaban J connectivity index is 2.31. The van der Waals surface area contributed by atoms with Crippen molar-refractivity contribution < 1.29 is 13.1 Å². The van der Waals surface area contributed by atoms with Crippen LogP contribution in [0.5, 0.6) is 0 Å². The Morgan fingerprint density at radius 3 is 2.64 bits per heavy atom. The van der Waals surface area contributed by atoms with Crippen LogP contribution in [-0.2, 0) is 16.3 Å². The first-order valence-electron chi connectivity index (χ1n) is 7.07. The van der Waals surface area contributed by atoms with Gasteiger partial charge in [-0.05, 0) is 23.0 Å². The second-order valence-electron chi connectivity index (χ2n) is 6.55. The number of nitrogens with zero attached hydrogens (tertiary/aromatic N) is 2. The first-order valence-corrected chi connectivity index (χ1v) is 8.96. The monoisotopic (exact) mass is 318 g/mol. The summed E-state index contributed by atoms with van der Waals surface area (Å²) in [7, 11) is -3.64. The molecule has 1 aromatic carbocycles. The number of rotatable bonds is 2. The molecule has 0 N–H and O–H groups in total. The second kappa shape index (κ2) is 4.78. The van der Waals surface area contributed by atoms with E-state index in [9.17, 15) is 13.6 Å². The summed E-state index contributed by atoms with van der Waals surface area (Å²) in [6.45, 7) is 4.18. The molecule has 1 unspecified atom stereocenters. The van der Waals surface area contributed by atoms with Crippen LogP contribution >= 0.6 is 0 Å². The van der Waals surface area contributed by atoms with Crippen LogP contribution in [0.25, 0.3) is 0 Å². The predicted molar refractivity (Wildman–Crippen MR) is 82.1 cm³/mol. The second-order valence-corrected chi connectivity index (χ2v) is 8.48. The van der Waals surface area contributed by atoms with Crippen molar-refractivity contribution in [3.8, 4) is 0 Å². The quantitative estimate of drug-likeness (QED) is 0.481. The summed E-state index contributed by atoms with van der Waals surface area (Å²) < 4.78 is 24.6. The predicted octanol–water partition coefficient (Wildman–Crippen LogP) is 1.83. The molecule has 22 heavy (non-hydrogen) atoms.